The standard InChI is InChI=1S/C10H10O6/c1-14-9(12)10(13)5-15-8-4-6(11)2-3-7(8)16-10/h2-4,11,13H,5H2,1H3. The molecule has 1 unspecified atom stereocenters. The molecule has 1 heterocycles. The van der Waals surface area contributed by atoms with E-state index in [0.29, 0.717) is 0 Å². The van der Waals surface area contributed by atoms with Gasteiger partial charge in [0.05, 0.1) is 7.11 Å². The number of phenolic OH excluding ortho intramolecular Hbond substituents is 1. The average molecular weight is 226 g/mol. The van der Waals surface area contributed by atoms with Gasteiger partial charge in [0.1, 0.15) is 5.75 Å². The fourth-order valence-corrected chi connectivity index (χ4v) is 1.34. The summed E-state index contributed by atoms with van der Waals surface area (Å²) in [4.78, 5) is 11.2. The summed E-state index contributed by atoms with van der Waals surface area (Å²) < 4.78 is 14.6. The van der Waals surface area contributed by atoms with Gasteiger partial charge in [0.15, 0.2) is 18.1 Å². The molecule has 1 aliphatic rings. The van der Waals surface area contributed by atoms with Gasteiger partial charge in [0, 0.05) is 6.07 Å². The lowest BCUT2D eigenvalue weighted by Crippen LogP contribution is -2.52. The number of carbonyl (C=O) groups is 1. The molecule has 1 aliphatic heterocycles. The predicted octanol–water partition coefficient (Wildman–Crippen LogP) is 0.0250. The minimum Gasteiger partial charge on any atom is -0.508 e. The molecule has 0 fully saturated rings. The summed E-state index contributed by atoms with van der Waals surface area (Å²) in [6.07, 6.45) is 0. The molecule has 0 amide bonds. The van der Waals surface area contributed by atoms with Gasteiger partial charge in [-0.3, -0.25) is 0 Å². The van der Waals surface area contributed by atoms with Crippen LogP contribution in [0.5, 0.6) is 17.2 Å². The van der Waals surface area contributed by atoms with Crippen LogP contribution >= 0.6 is 0 Å². The van der Waals surface area contributed by atoms with Gasteiger partial charge in [-0.05, 0) is 12.1 Å². The van der Waals surface area contributed by atoms with Gasteiger partial charge in [-0.1, -0.05) is 0 Å². The van der Waals surface area contributed by atoms with Crippen molar-refractivity contribution in [2.45, 2.75) is 5.79 Å². The third-order valence-corrected chi connectivity index (χ3v) is 2.13. The number of ether oxygens (including phenoxy) is 3. The fraction of sp³-hybridized carbons (Fsp3) is 0.300. The van der Waals surface area contributed by atoms with Gasteiger partial charge in [0.25, 0.3) is 0 Å². The third kappa shape index (κ3) is 1.63. The maximum atomic E-state index is 11.2. The highest BCUT2D eigenvalue weighted by atomic mass is 16.7. The molecule has 0 saturated heterocycles. The Morgan fingerprint density at radius 3 is 2.94 bits per heavy atom. The van der Waals surface area contributed by atoms with Gasteiger partial charge < -0.3 is 24.4 Å². The first-order chi connectivity index (χ1) is 7.55. The average Bonchev–Trinajstić information content (AvgIpc) is 2.28. The molecule has 2 rings (SSSR count). The summed E-state index contributed by atoms with van der Waals surface area (Å²) in [6.45, 7) is -0.393. The summed E-state index contributed by atoms with van der Waals surface area (Å²) in [5.41, 5.74) is 0. The number of hydrogen-bond acceptors (Lipinski definition) is 6. The van der Waals surface area contributed by atoms with Gasteiger partial charge >= 0.3 is 11.8 Å². The largest absolute Gasteiger partial charge is 0.508 e. The molecule has 0 spiro atoms. The number of methoxy groups -OCH3 is 1. The maximum absolute atomic E-state index is 11.2. The van der Waals surface area contributed by atoms with E-state index >= 15 is 0 Å². The Labute approximate surface area is 91.0 Å². The Bertz CT molecular complexity index is 429. The van der Waals surface area contributed by atoms with E-state index < -0.39 is 18.4 Å². The van der Waals surface area contributed by atoms with E-state index in [0.717, 1.165) is 7.11 Å². The van der Waals surface area contributed by atoms with Crippen LogP contribution in [-0.2, 0) is 9.53 Å². The van der Waals surface area contributed by atoms with Crippen molar-refractivity contribution in [2.75, 3.05) is 13.7 Å². The zero-order valence-electron chi connectivity index (χ0n) is 8.47. The molecule has 2 N–H and O–H groups in total. The Hall–Kier alpha value is -1.95. The summed E-state index contributed by atoms with van der Waals surface area (Å²) in [5, 5.41) is 19.0. The van der Waals surface area contributed by atoms with Crippen LogP contribution in [0, 0.1) is 0 Å². The van der Waals surface area contributed by atoms with E-state index in [-0.39, 0.29) is 17.2 Å². The Morgan fingerprint density at radius 1 is 1.50 bits per heavy atom. The Balaban J connectivity index is 2.30. The van der Waals surface area contributed by atoms with Gasteiger partial charge in [-0.2, -0.15) is 0 Å². The Kier molecular flexibility index (Phi) is 2.35. The van der Waals surface area contributed by atoms with Crippen LogP contribution in [0.15, 0.2) is 18.2 Å². The van der Waals surface area contributed by atoms with Crippen molar-refractivity contribution in [2.24, 2.45) is 0 Å². The topological polar surface area (TPSA) is 85.2 Å². The highest BCUT2D eigenvalue weighted by Crippen LogP contribution is 2.37. The second-order valence-corrected chi connectivity index (χ2v) is 3.30. The number of benzene rings is 1. The van der Waals surface area contributed by atoms with Crippen LogP contribution in [0.3, 0.4) is 0 Å². The number of fused-ring (bicyclic) bond motifs is 1. The van der Waals surface area contributed by atoms with E-state index in [1.165, 1.54) is 18.2 Å². The first-order valence-corrected chi connectivity index (χ1v) is 4.51. The maximum Gasteiger partial charge on any atom is 0.383 e. The van der Waals surface area contributed by atoms with Gasteiger partial charge in [-0.15, -0.1) is 0 Å². The van der Waals surface area contributed by atoms with E-state index in [4.69, 9.17) is 9.47 Å². The van der Waals surface area contributed by atoms with Crippen molar-refractivity contribution in [3.05, 3.63) is 18.2 Å². The summed E-state index contributed by atoms with van der Waals surface area (Å²) in [5.74, 6) is -2.65. The monoisotopic (exact) mass is 226 g/mol. The molecule has 0 bridgehead atoms. The molecule has 0 radical (unpaired) electrons. The Morgan fingerprint density at radius 2 is 2.25 bits per heavy atom. The van der Waals surface area contributed by atoms with E-state index in [1.54, 1.807) is 0 Å². The molecule has 1 aromatic carbocycles. The number of carbonyl (C=O) groups excluding carboxylic acids is 1. The molecular weight excluding hydrogens is 216 g/mol. The highest BCUT2D eigenvalue weighted by molar-refractivity contribution is 5.78. The van der Waals surface area contributed by atoms with E-state index in [2.05, 4.69) is 4.74 Å². The van der Waals surface area contributed by atoms with Crippen LogP contribution < -0.4 is 9.47 Å². The summed E-state index contributed by atoms with van der Waals surface area (Å²) in [6, 6.07) is 4.06. The summed E-state index contributed by atoms with van der Waals surface area (Å²) in [7, 11) is 1.13. The molecule has 0 saturated carbocycles. The van der Waals surface area contributed by atoms with E-state index in [9.17, 15) is 15.0 Å². The van der Waals surface area contributed by atoms with Crippen LogP contribution in [0.1, 0.15) is 0 Å². The van der Waals surface area contributed by atoms with E-state index in [1.807, 2.05) is 0 Å². The lowest BCUT2D eigenvalue weighted by Gasteiger charge is -2.31. The molecule has 1 atom stereocenters. The second kappa shape index (κ2) is 3.57. The number of rotatable bonds is 1. The number of phenols is 1. The first kappa shape index (κ1) is 10.6. The number of aliphatic hydroxyl groups is 1. The van der Waals surface area contributed by atoms with Gasteiger partial charge in [-0.25, -0.2) is 4.79 Å². The molecule has 0 aliphatic carbocycles. The minimum atomic E-state index is -2.14. The summed E-state index contributed by atoms with van der Waals surface area (Å²) >= 11 is 0. The quantitative estimate of drug-likeness (QED) is 0.657. The van der Waals surface area contributed by atoms with Crippen LogP contribution in [0.4, 0.5) is 0 Å². The van der Waals surface area contributed by atoms with Crippen molar-refractivity contribution < 1.29 is 29.2 Å². The second-order valence-electron chi connectivity index (χ2n) is 3.30. The molecule has 86 valence electrons. The lowest BCUT2D eigenvalue weighted by atomic mass is 10.2. The molecule has 1 aromatic rings. The zero-order valence-corrected chi connectivity index (χ0v) is 8.47. The fourth-order valence-electron chi connectivity index (χ4n) is 1.34. The van der Waals surface area contributed by atoms with Crippen LogP contribution in [-0.4, -0.2) is 35.7 Å². The van der Waals surface area contributed by atoms with Crippen molar-refractivity contribution in [1.82, 2.24) is 0 Å². The molecule has 6 heteroatoms. The van der Waals surface area contributed by atoms with Gasteiger partial charge in [0.2, 0.25) is 0 Å². The zero-order chi connectivity index (χ0) is 11.8. The number of hydrogen-bond donors (Lipinski definition) is 2. The van der Waals surface area contributed by atoms with Crippen molar-refractivity contribution in [1.29, 1.82) is 0 Å². The molecule has 16 heavy (non-hydrogen) atoms. The van der Waals surface area contributed by atoms with Crippen LogP contribution in [0.25, 0.3) is 0 Å². The predicted molar refractivity (Wildman–Crippen MR) is 51.2 cm³/mol. The van der Waals surface area contributed by atoms with Crippen molar-refractivity contribution in [3.63, 3.8) is 0 Å². The molecule has 0 aromatic heterocycles. The lowest BCUT2D eigenvalue weighted by molar-refractivity contribution is -0.211. The third-order valence-electron chi connectivity index (χ3n) is 2.13. The van der Waals surface area contributed by atoms with Crippen molar-refractivity contribution in [3.8, 4) is 17.2 Å². The molecule has 6 nitrogen and oxygen atoms in total. The SMILES string of the molecule is COC(=O)C1(O)COc2cc(O)ccc2O1. The molecular formula is C10H10O6. The normalized spacial score (nSPS) is 22.6. The first-order valence-electron chi connectivity index (χ1n) is 4.51. The van der Waals surface area contributed by atoms with Crippen LogP contribution in [0.2, 0.25) is 0 Å². The smallest absolute Gasteiger partial charge is 0.383 e. The highest BCUT2D eigenvalue weighted by Gasteiger charge is 2.45. The van der Waals surface area contributed by atoms with Crippen molar-refractivity contribution >= 4 is 5.97 Å². The minimum absolute atomic E-state index is 0.00542. The number of aromatic hydroxyl groups is 1. The number of esters is 1.